The van der Waals surface area contributed by atoms with Crippen molar-refractivity contribution >= 4 is 5.91 Å². The van der Waals surface area contributed by atoms with Crippen LogP contribution in [0.25, 0.3) is 0 Å². The van der Waals surface area contributed by atoms with Crippen molar-refractivity contribution < 1.29 is 4.79 Å². The molecule has 1 aromatic rings. The Bertz CT molecular complexity index is 388. The first kappa shape index (κ1) is 12.0. The number of rotatable bonds is 4. The molecule has 92 valence electrons. The average molecular weight is 234 g/mol. The van der Waals surface area contributed by atoms with Crippen molar-refractivity contribution in [2.45, 2.75) is 19.3 Å². The van der Waals surface area contributed by atoms with Crippen molar-refractivity contribution in [3.8, 4) is 0 Å². The van der Waals surface area contributed by atoms with Gasteiger partial charge in [-0.25, -0.2) is 4.98 Å². The van der Waals surface area contributed by atoms with Gasteiger partial charge in [0.05, 0.1) is 5.69 Å². The maximum atomic E-state index is 11.6. The van der Waals surface area contributed by atoms with E-state index in [0.717, 1.165) is 31.7 Å². The van der Waals surface area contributed by atoms with Gasteiger partial charge in [0.2, 0.25) is 0 Å². The summed E-state index contributed by atoms with van der Waals surface area (Å²) in [6.07, 6.45) is 6.55. The van der Waals surface area contributed by atoms with Gasteiger partial charge >= 0.3 is 0 Å². The number of nitrogens with one attached hydrogen (secondary N) is 1. The standard InChI is InChI=1S/C12H18N4O/c1-13-12(17)11-10(14-5-6-15-11)4-9-16-7-2-3-8-16/h5-6H,2-4,7-9H2,1H3,(H,13,17). The number of carbonyl (C=O) groups excluding carboxylic acids is 1. The van der Waals surface area contributed by atoms with E-state index >= 15 is 0 Å². The third-order valence-corrected chi connectivity index (χ3v) is 3.08. The molecule has 0 spiro atoms. The predicted molar refractivity (Wildman–Crippen MR) is 64.8 cm³/mol. The summed E-state index contributed by atoms with van der Waals surface area (Å²) in [6, 6.07) is 0. The molecule has 1 saturated heterocycles. The summed E-state index contributed by atoms with van der Waals surface area (Å²) in [4.78, 5) is 22.4. The van der Waals surface area contributed by atoms with Crippen LogP contribution in [-0.4, -0.2) is 47.5 Å². The Hall–Kier alpha value is -1.49. The van der Waals surface area contributed by atoms with Crippen molar-refractivity contribution in [1.29, 1.82) is 0 Å². The van der Waals surface area contributed by atoms with Crippen LogP contribution >= 0.6 is 0 Å². The van der Waals surface area contributed by atoms with Gasteiger partial charge in [-0.05, 0) is 25.9 Å². The van der Waals surface area contributed by atoms with Crippen LogP contribution in [0.3, 0.4) is 0 Å². The van der Waals surface area contributed by atoms with Gasteiger partial charge in [0.1, 0.15) is 5.69 Å². The van der Waals surface area contributed by atoms with Gasteiger partial charge in [0, 0.05) is 32.4 Å². The van der Waals surface area contributed by atoms with E-state index in [0.29, 0.717) is 5.69 Å². The zero-order valence-corrected chi connectivity index (χ0v) is 10.1. The monoisotopic (exact) mass is 234 g/mol. The molecule has 5 heteroatoms. The van der Waals surface area contributed by atoms with Crippen molar-refractivity contribution in [2.75, 3.05) is 26.7 Å². The van der Waals surface area contributed by atoms with Crippen LogP contribution < -0.4 is 5.32 Å². The van der Waals surface area contributed by atoms with Gasteiger partial charge in [-0.2, -0.15) is 0 Å². The van der Waals surface area contributed by atoms with Gasteiger partial charge in [-0.1, -0.05) is 0 Å². The lowest BCUT2D eigenvalue weighted by Crippen LogP contribution is -2.25. The minimum atomic E-state index is -0.158. The zero-order valence-electron chi connectivity index (χ0n) is 10.1. The topological polar surface area (TPSA) is 58.1 Å². The molecule has 0 aliphatic carbocycles. The summed E-state index contributed by atoms with van der Waals surface area (Å²) in [5, 5.41) is 2.59. The fourth-order valence-corrected chi connectivity index (χ4v) is 2.13. The molecule has 0 saturated carbocycles. The number of hydrogen-bond donors (Lipinski definition) is 1. The SMILES string of the molecule is CNC(=O)c1nccnc1CCN1CCCC1. The maximum absolute atomic E-state index is 11.6. The van der Waals surface area contributed by atoms with Crippen molar-refractivity contribution in [3.05, 3.63) is 23.8 Å². The average Bonchev–Trinajstić information content (AvgIpc) is 2.89. The van der Waals surface area contributed by atoms with Crippen LogP contribution in [0, 0.1) is 0 Å². The Kier molecular flexibility index (Phi) is 4.03. The molecule has 1 aliphatic rings. The Balaban J connectivity index is 2.01. The first-order valence-corrected chi connectivity index (χ1v) is 6.05. The fourth-order valence-electron chi connectivity index (χ4n) is 2.13. The molecule has 0 atom stereocenters. The first-order chi connectivity index (χ1) is 8.31. The minimum absolute atomic E-state index is 0.158. The molecule has 5 nitrogen and oxygen atoms in total. The molecule has 0 bridgehead atoms. The van der Waals surface area contributed by atoms with Crippen LogP contribution in [0.1, 0.15) is 29.0 Å². The summed E-state index contributed by atoms with van der Waals surface area (Å²) in [7, 11) is 1.61. The predicted octanol–water partition coefficient (Wildman–Crippen LogP) is 0.474. The van der Waals surface area contributed by atoms with Crippen LogP contribution in [0.4, 0.5) is 0 Å². The lowest BCUT2D eigenvalue weighted by Gasteiger charge is -2.14. The van der Waals surface area contributed by atoms with E-state index < -0.39 is 0 Å². The number of carbonyl (C=O) groups is 1. The zero-order chi connectivity index (χ0) is 12.1. The summed E-state index contributed by atoms with van der Waals surface area (Å²) in [5.41, 5.74) is 1.24. The minimum Gasteiger partial charge on any atom is -0.354 e. The number of aromatic nitrogens is 2. The van der Waals surface area contributed by atoms with E-state index in [4.69, 9.17) is 0 Å². The highest BCUT2D eigenvalue weighted by Crippen LogP contribution is 2.09. The lowest BCUT2D eigenvalue weighted by molar-refractivity contribution is 0.0956. The van der Waals surface area contributed by atoms with Gasteiger partial charge < -0.3 is 10.2 Å². The second kappa shape index (κ2) is 5.72. The van der Waals surface area contributed by atoms with Gasteiger partial charge in [0.15, 0.2) is 0 Å². The quantitative estimate of drug-likeness (QED) is 0.823. The van der Waals surface area contributed by atoms with Crippen molar-refractivity contribution in [2.24, 2.45) is 0 Å². The molecule has 1 N–H and O–H groups in total. The first-order valence-electron chi connectivity index (χ1n) is 6.05. The number of hydrogen-bond acceptors (Lipinski definition) is 4. The summed E-state index contributed by atoms with van der Waals surface area (Å²) < 4.78 is 0. The molecule has 1 aliphatic heterocycles. The van der Waals surface area contributed by atoms with E-state index in [1.807, 2.05) is 0 Å². The second-order valence-corrected chi connectivity index (χ2v) is 4.23. The van der Waals surface area contributed by atoms with Crippen LogP contribution in [0.15, 0.2) is 12.4 Å². The highest BCUT2D eigenvalue weighted by molar-refractivity contribution is 5.92. The Morgan fingerprint density at radius 3 is 2.76 bits per heavy atom. The van der Waals surface area contributed by atoms with Crippen LogP contribution in [-0.2, 0) is 6.42 Å². The molecule has 2 heterocycles. The Morgan fingerprint density at radius 1 is 1.35 bits per heavy atom. The highest BCUT2D eigenvalue weighted by Gasteiger charge is 2.15. The molecule has 1 amide bonds. The van der Waals surface area contributed by atoms with Gasteiger partial charge in [-0.15, -0.1) is 0 Å². The summed E-state index contributed by atoms with van der Waals surface area (Å²) in [6.45, 7) is 3.29. The molecular formula is C12H18N4O. The van der Waals surface area contributed by atoms with E-state index in [-0.39, 0.29) is 5.91 Å². The Morgan fingerprint density at radius 2 is 2.06 bits per heavy atom. The summed E-state index contributed by atoms with van der Waals surface area (Å²) in [5.74, 6) is -0.158. The third-order valence-electron chi connectivity index (χ3n) is 3.08. The van der Waals surface area contributed by atoms with Crippen molar-refractivity contribution in [1.82, 2.24) is 20.2 Å². The van der Waals surface area contributed by atoms with Crippen LogP contribution in [0.2, 0.25) is 0 Å². The van der Waals surface area contributed by atoms with E-state index in [9.17, 15) is 4.79 Å². The molecule has 0 aromatic carbocycles. The van der Waals surface area contributed by atoms with Crippen molar-refractivity contribution in [3.63, 3.8) is 0 Å². The lowest BCUT2D eigenvalue weighted by atomic mass is 10.2. The maximum Gasteiger partial charge on any atom is 0.271 e. The number of amides is 1. The van der Waals surface area contributed by atoms with Crippen LogP contribution in [0.5, 0.6) is 0 Å². The molecule has 2 rings (SSSR count). The molecule has 1 aromatic heterocycles. The molecule has 0 unspecified atom stereocenters. The highest BCUT2D eigenvalue weighted by atomic mass is 16.1. The molecular weight excluding hydrogens is 216 g/mol. The third kappa shape index (κ3) is 3.00. The van der Waals surface area contributed by atoms with E-state index in [2.05, 4.69) is 20.2 Å². The molecule has 17 heavy (non-hydrogen) atoms. The normalized spacial score (nSPS) is 16.1. The van der Waals surface area contributed by atoms with E-state index in [1.165, 1.54) is 12.8 Å². The largest absolute Gasteiger partial charge is 0.354 e. The smallest absolute Gasteiger partial charge is 0.271 e. The molecule has 0 radical (unpaired) electrons. The fraction of sp³-hybridized carbons (Fsp3) is 0.583. The Labute approximate surface area is 101 Å². The second-order valence-electron chi connectivity index (χ2n) is 4.23. The number of nitrogens with zero attached hydrogens (tertiary/aromatic N) is 3. The van der Waals surface area contributed by atoms with Gasteiger partial charge in [-0.3, -0.25) is 9.78 Å². The summed E-state index contributed by atoms with van der Waals surface area (Å²) >= 11 is 0. The number of likely N-dealkylation sites (tertiary alicyclic amines) is 1. The van der Waals surface area contributed by atoms with E-state index in [1.54, 1.807) is 19.4 Å². The molecule has 1 fully saturated rings. The van der Waals surface area contributed by atoms with Gasteiger partial charge in [0.25, 0.3) is 5.91 Å².